The third-order valence-corrected chi connectivity index (χ3v) is 5.19. The summed E-state index contributed by atoms with van der Waals surface area (Å²) in [5.41, 5.74) is 0.881. The first-order chi connectivity index (χ1) is 14.1. The van der Waals surface area contributed by atoms with E-state index in [0.717, 1.165) is 17.0 Å². The fourth-order valence-electron chi connectivity index (χ4n) is 3.64. The van der Waals surface area contributed by atoms with Gasteiger partial charge in [-0.2, -0.15) is 0 Å². The zero-order chi connectivity index (χ0) is 20.0. The number of carbonyl (C=O) groups excluding carboxylic acids is 1. The van der Waals surface area contributed by atoms with Crippen molar-refractivity contribution in [2.24, 2.45) is 0 Å². The molecular weight excluding hydrogens is 372 g/mol. The van der Waals surface area contributed by atoms with Gasteiger partial charge in [-0.25, -0.2) is 9.97 Å². The van der Waals surface area contributed by atoms with Crippen LogP contribution in [0.5, 0.6) is 0 Å². The largest absolute Gasteiger partial charge is 0.350 e. The number of fused-ring (bicyclic) bond motifs is 2. The van der Waals surface area contributed by atoms with Gasteiger partial charge in [0, 0.05) is 50.2 Å². The van der Waals surface area contributed by atoms with Crippen molar-refractivity contribution in [2.45, 2.75) is 6.92 Å². The molecule has 0 bridgehead atoms. The number of nitrogens with zero attached hydrogens (tertiary/aromatic N) is 7. The molecule has 0 atom stereocenters. The third-order valence-electron chi connectivity index (χ3n) is 5.19. The Balaban J connectivity index is 1.37. The Morgan fingerprint density at radius 2 is 1.93 bits per heavy atom. The van der Waals surface area contributed by atoms with Gasteiger partial charge in [-0.1, -0.05) is 0 Å². The topological polar surface area (TPSA) is 112 Å². The van der Waals surface area contributed by atoms with Crippen molar-refractivity contribution in [2.75, 3.05) is 31.1 Å². The van der Waals surface area contributed by atoms with Crippen LogP contribution in [0.2, 0.25) is 0 Å². The SMILES string of the molecule is Cc1nnc2c(N3CCN(C(=O)c4cc5cccnc5[nH]c4=O)CC3)nccn12. The molecule has 1 N–H and O–H groups in total. The quantitative estimate of drug-likeness (QED) is 0.534. The Morgan fingerprint density at radius 1 is 1.10 bits per heavy atom. The molecule has 10 heteroatoms. The van der Waals surface area contributed by atoms with E-state index >= 15 is 0 Å². The Morgan fingerprint density at radius 3 is 2.76 bits per heavy atom. The minimum atomic E-state index is -0.422. The van der Waals surface area contributed by atoms with Gasteiger partial charge >= 0.3 is 0 Å². The van der Waals surface area contributed by atoms with E-state index in [-0.39, 0.29) is 11.5 Å². The van der Waals surface area contributed by atoms with Crippen molar-refractivity contribution in [3.8, 4) is 0 Å². The molecule has 5 heterocycles. The number of aryl methyl sites for hydroxylation is 1. The van der Waals surface area contributed by atoms with Crippen LogP contribution in [0.1, 0.15) is 16.2 Å². The number of aromatic amines is 1. The van der Waals surface area contributed by atoms with Gasteiger partial charge in [-0.3, -0.25) is 14.0 Å². The van der Waals surface area contributed by atoms with Crippen LogP contribution in [-0.2, 0) is 0 Å². The lowest BCUT2D eigenvalue weighted by Crippen LogP contribution is -2.50. The summed E-state index contributed by atoms with van der Waals surface area (Å²) in [5.74, 6) is 1.26. The van der Waals surface area contributed by atoms with Crippen LogP contribution in [-0.4, -0.2) is 66.5 Å². The summed E-state index contributed by atoms with van der Waals surface area (Å²) in [6, 6.07) is 5.20. The number of anilines is 1. The van der Waals surface area contributed by atoms with E-state index in [1.807, 2.05) is 23.6 Å². The molecule has 29 heavy (non-hydrogen) atoms. The molecule has 1 fully saturated rings. The average Bonchev–Trinajstić information content (AvgIpc) is 3.14. The highest BCUT2D eigenvalue weighted by Crippen LogP contribution is 2.20. The monoisotopic (exact) mass is 390 g/mol. The second kappa shape index (κ2) is 6.66. The first-order valence-corrected chi connectivity index (χ1v) is 9.30. The Labute approximate surface area is 164 Å². The molecule has 1 aliphatic rings. The lowest BCUT2D eigenvalue weighted by Gasteiger charge is -2.35. The maximum atomic E-state index is 12.9. The zero-order valence-corrected chi connectivity index (χ0v) is 15.7. The summed E-state index contributed by atoms with van der Waals surface area (Å²) in [6.45, 7) is 4.05. The third kappa shape index (κ3) is 2.89. The van der Waals surface area contributed by atoms with Gasteiger partial charge in [-0.05, 0) is 25.1 Å². The number of H-pyrrole nitrogens is 1. The Kier molecular flexibility index (Phi) is 3.97. The van der Waals surface area contributed by atoms with Crippen LogP contribution in [0.4, 0.5) is 5.82 Å². The minimum absolute atomic E-state index is 0.132. The molecule has 0 spiro atoms. The highest BCUT2D eigenvalue weighted by molar-refractivity contribution is 5.96. The fraction of sp³-hybridized carbons (Fsp3) is 0.263. The van der Waals surface area contributed by atoms with Crippen LogP contribution in [0.25, 0.3) is 16.7 Å². The lowest BCUT2D eigenvalue weighted by atomic mass is 10.1. The van der Waals surface area contributed by atoms with Gasteiger partial charge in [0.2, 0.25) is 5.65 Å². The van der Waals surface area contributed by atoms with E-state index < -0.39 is 5.56 Å². The molecule has 1 aliphatic heterocycles. The van der Waals surface area contributed by atoms with Gasteiger partial charge in [0.05, 0.1) is 0 Å². The van der Waals surface area contributed by atoms with Crippen LogP contribution in [0, 0.1) is 6.92 Å². The molecule has 0 radical (unpaired) electrons. The number of rotatable bonds is 2. The van der Waals surface area contributed by atoms with Crippen molar-refractivity contribution in [3.05, 3.63) is 58.5 Å². The fourth-order valence-corrected chi connectivity index (χ4v) is 3.64. The molecule has 4 aromatic rings. The number of carbonyl (C=O) groups is 1. The number of pyridine rings is 2. The second-order valence-electron chi connectivity index (χ2n) is 6.92. The number of aromatic nitrogens is 6. The summed E-state index contributed by atoms with van der Waals surface area (Å²) >= 11 is 0. The van der Waals surface area contributed by atoms with E-state index in [0.29, 0.717) is 37.5 Å². The van der Waals surface area contributed by atoms with Gasteiger partial charge in [-0.15, -0.1) is 10.2 Å². The van der Waals surface area contributed by atoms with Crippen LogP contribution < -0.4 is 10.5 Å². The van der Waals surface area contributed by atoms with Gasteiger partial charge in [0.25, 0.3) is 11.5 Å². The maximum absolute atomic E-state index is 12.9. The molecule has 0 unspecified atom stereocenters. The van der Waals surface area contributed by atoms with Crippen molar-refractivity contribution < 1.29 is 4.79 Å². The van der Waals surface area contributed by atoms with Gasteiger partial charge in [0.1, 0.15) is 17.0 Å². The number of hydrogen-bond acceptors (Lipinski definition) is 7. The van der Waals surface area contributed by atoms with Crippen LogP contribution in [0.15, 0.2) is 41.6 Å². The van der Waals surface area contributed by atoms with E-state index in [9.17, 15) is 9.59 Å². The first-order valence-electron chi connectivity index (χ1n) is 9.30. The molecule has 0 aliphatic carbocycles. The predicted octanol–water partition coefficient (Wildman–Crippen LogP) is 0.632. The second-order valence-corrected chi connectivity index (χ2v) is 6.92. The molecule has 0 saturated carbocycles. The first kappa shape index (κ1) is 17.3. The lowest BCUT2D eigenvalue weighted by molar-refractivity contribution is 0.0745. The molecule has 4 aromatic heterocycles. The van der Waals surface area contributed by atoms with Crippen LogP contribution in [0.3, 0.4) is 0 Å². The van der Waals surface area contributed by atoms with E-state index in [4.69, 9.17) is 0 Å². The van der Waals surface area contributed by atoms with E-state index in [1.165, 1.54) is 0 Å². The molecule has 10 nitrogen and oxygen atoms in total. The number of amides is 1. The number of piperazine rings is 1. The molecule has 1 saturated heterocycles. The summed E-state index contributed by atoms with van der Waals surface area (Å²) in [7, 11) is 0. The summed E-state index contributed by atoms with van der Waals surface area (Å²) in [4.78, 5) is 40.4. The summed E-state index contributed by atoms with van der Waals surface area (Å²) in [5, 5.41) is 9.05. The van der Waals surface area contributed by atoms with E-state index in [1.54, 1.807) is 29.4 Å². The van der Waals surface area contributed by atoms with Gasteiger partial charge < -0.3 is 14.8 Å². The number of nitrogens with one attached hydrogen (secondary N) is 1. The standard InChI is InChI=1S/C19H18N8O2/c1-12-23-24-17-16(21-5-6-27(12)17)25-7-9-26(10-8-25)19(29)14-11-13-3-2-4-20-15(13)22-18(14)28/h2-6,11H,7-10H2,1H3,(H,20,22,28). The summed E-state index contributed by atoms with van der Waals surface area (Å²) in [6.07, 6.45) is 5.15. The Bertz CT molecular complexity index is 1290. The zero-order valence-electron chi connectivity index (χ0n) is 15.7. The molecule has 0 aromatic carbocycles. The average molecular weight is 390 g/mol. The highest BCUT2D eigenvalue weighted by atomic mass is 16.2. The Hall–Kier alpha value is -3.82. The molecule has 5 rings (SSSR count). The van der Waals surface area contributed by atoms with Gasteiger partial charge in [0.15, 0.2) is 5.82 Å². The molecule has 1 amide bonds. The minimum Gasteiger partial charge on any atom is -0.350 e. The number of hydrogen-bond donors (Lipinski definition) is 1. The maximum Gasteiger partial charge on any atom is 0.262 e. The smallest absolute Gasteiger partial charge is 0.262 e. The van der Waals surface area contributed by atoms with Crippen molar-refractivity contribution >= 4 is 28.4 Å². The normalized spacial score (nSPS) is 14.7. The van der Waals surface area contributed by atoms with Crippen molar-refractivity contribution in [3.63, 3.8) is 0 Å². The molecule has 146 valence electrons. The predicted molar refractivity (Wildman–Crippen MR) is 106 cm³/mol. The van der Waals surface area contributed by atoms with Crippen LogP contribution >= 0.6 is 0 Å². The summed E-state index contributed by atoms with van der Waals surface area (Å²) < 4.78 is 1.89. The van der Waals surface area contributed by atoms with Crippen molar-refractivity contribution in [1.29, 1.82) is 0 Å². The highest BCUT2D eigenvalue weighted by Gasteiger charge is 2.26. The molecular formula is C19H18N8O2. The van der Waals surface area contributed by atoms with E-state index in [2.05, 4.69) is 30.0 Å². The van der Waals surface area contributed by atoms with Crippen molar-refractivity contribution in [1.82, 2.24) is 34.4 Å².